The van der Waals surface area contributed by atoms with Crippen LogP contribution in [0.4, 0.5) is 21.6 Å². The van der Waals surface area contributed by atoms with Crippen molar-refractivity contribution in [2.24, 2.45) is 0 Å². The third-order valence-corrected chi connectivity index (χ3v) is 9.29. The van der Waals surface area contributed by atoms with Crippen molar-refractivity contribution < 1.29 is 14.3 Å². The Kier molecular flexibility index (Phi) is 10.8. The molecule has 2 heterocycles. The van der Waals surface area contributed by atoms with E-state index in [1.54, 1.807) is 0 Å². The quantitative estimate of drug-likeness (QED) is 0.107. The minimum Gasteiger partial charge on any atom is -0.494 e. The molecule has 0 atom stereocenters. The molecule has 3 N–H and O–H groups in total. The van der Waals surface area contributed by atoms with Gasteiger partial charge in [0.25, 0.3) is 0 Å². The average molecular weight is 741 g/mol. The Balaban J connectivity index is 0.998. The van der Waals surface area contributed by atoms with E-state index < -0.39 is 0 Å². The van der Waals surface area contributed by atoms with Crippen LogP contribution < -0.4 is 20.7 Å². The van der Waals surface area contributed by atoms with Gasteiger partial charge in [0.15, 0.2) is 0 Å². The van der Waals surface area contributed by atoms with Crippen molar-refractivity contribution in [2.75, 3.05) is 22.6 Å². The fourth-order valence-corrected chi connectivity index (χ4v) is 6.40. The van der Waals surface area contributed by atoms with Crippen LogP contribution in [-0.4, -0.2) is 38.8 Å². The minimum atomic E-state index is -0.331. The molecule has 48 heavy (non-hydrogen) atoms. The minimum absolute atomic E-state index is 0.0129. The Morgan fingerprint density at radius 3 is 1.81 bits per heavy atom. The zero-order valence-electron chi connectivity index (χ0n) is 25.8. The highest BCUT2D eigenvalue weighted by atomic mass is 79.9. The van der Waals surface area contributed by atoms with Crippen LogP contribution in [0, 0.1) is 0 Å². The lowest BCUT2D eigenvalue weighted by atomic mass is 10.0. The highest BCUT2D eigenvalue weighted by Crippen LogP contribution is 2.33. The summed E-state index contributed by atoms with van der Waals surface area (Å²) in [7, 11) is 0. The van der Waals surface area contributed by atoms with E-state index in [0.29, 0.717) is 26.9 Å². The van der Waals surface area contributed by atoms with Crippen molar-refractivity contribution >= 4 is 72.1 Å². The fourth-order valence-electron chi connectivity index (χ4n) is 4.61. The summed E-state index contributed by atoms with van der Waals surface area (Å²) < 4.78 is 6.69. The molecule has 0 saturated heterocycles. The zero-order chi connectivity index (χ0) is 33.3. The molecule has 0 aliphatic heterocycles. The molecule has 0 saturated carbocycles. The number of amides is 2. The van der Waals surface area contributed by atoms with Crippen LogP contribution in [0.15, 0.2) is 102 Å². The first-order valence-electron chi connectivity index (χ1n) is 15.2. The number of aromatic nitrogens is 4. The Hall–Kier alpha value is -4.98. The van der Waals surface area contributed by atoms with E-state index in [9.17, 15) is 9.59 Å². The number of benzene rings is 4. The number of carbonyl (C=O) groups excluding carboxylic acids is 2. The molecule has 4 aromatic carbocycles. The van der Waals surface area contributed by atoms with Crippen LogP contribution in [-0.2, 0) is 9.59 Å². The van der Waals surface area contributed by atoms with Gasteiger partial charge < -0.3 is 20.7 Å². The largest absolute Gasteiger partial charge is 0.494 e. The molecule has 10 nitrogen and oxygen atoms in total. The summed E-state index contributed by atoms with van der Waals surface area (Å²) in [4.78, 5) is 25.0. The molecule has 0 fully saturated rings. The van der Waals surface area contributed by atoms with Crippen molar-refractivity contribution in [1.82, 2.24) is 20.4 Å². The molecule has 6 aromatic rings. The maximum atomic E-state index is 12.5. The molecule has 0 bridgehead atoms. The lowest BCUT2D eigenvalue weighted by Crippen LogP contribution is -2.17. The maximum absolute atomic E-state index is 12.5. The Morgan fingerprint density at radius 1 is 0.688 bits per heavy atom. The van der Waals surface area contributed by atoms with E-state index in [4.69, 9.17) is 4.74 Å². The predicted molar refractivity (Wildman–Crippen MR) is 196 cm³/mol. The van der Waals surface area contributed by atoms with E-state index in [1.165, 1.54) is 22.7 Å². The number of rotatable bonds is 13. The second-order valence-corrected chi connectivity index (χ2v) is 13.4. The number of anilines is 4. The lowest BCUT2D eigenvalue weighted by molar-refractivity contribution is -0.121. The molecule has 2 amide bonds. The van der Waals surface area contributed by atoms with Gasteiger partial charge >= 0.3 is 0 Å². The number of nitrogens with one attached hydrogen (secondary N) is 3. The summed E-state index contributed by atoms with van der Waals surface area (Å²) in [5, 5.41) is 27.6. The molecular formula is C35H30BrN7O3S2. The number of halogens is 1. The van der Waals surface area contributed by atoms with Gasteiger partial charge in [-0.25, -0.2) is 0 Å². The van der Waals surface area contributed by atoms with Crippen molar-refractivity contribution in [3.05, 3.63) is 102 Å². The number of ether oxygens (including phenoxy) is 1. The summed E-state index contributed by atoms with van der Waals surface area (Å²) in [6.07, 6.45) is 0.939. The van der Waals surface area contributed by atoms with E-state index >= 15 is 0 Å². The van der Waals surface area contributed by atoms with Crippen LogP contribution in [0.2, 0.25) is 0 Å². The third kappa shape index (κ3) is 8.68. The van der Waals surface area contributed by atoms with Gasteiger partial charge in [-0.3, -0.25) is 9.59 Å². The van der Waals surface area contributed by atoms with E-state index in [1.807, 2.05) is 78.9 Å². The SMILES string of the molecule is CCCOc1ccc(-c2ccccc2Nc2ccc(-c3nnc(NC(=O)CCC(=O)Nc4nnc(-c5ccc(Br)cc5)s4)s3)cc2)cc1. The van der Waals surface area contributed by atoms with Crippen molar-refractivity contribution in [1.29, 1.82) is 0 Å². The van der Waals surface area contributed by atoms with Crippen molar-refractivity contribution in [3.63, 3.8) is 0 Å². The fraction of sp³-hybridized carbons (Fsp3) is 0.143. The molecule has 0 spiro atoms. The highest BCUT2D eigenvalue weighted by molar-refractivity contribution is 9.10. The smallest absolute Gasteiger partial charge is 0.226 e. The molecule has 0 aliphatic rings. The molecule has 242 valence electrons. The van der Waals surface area contributed by atoms with E-state index in [2.05, 4.69) is 77.4 Å². The van der Waals surface area contributed by atoms with Gasteiger partial charge in [-0.2, -0.15) is 0 Å². The van der Waals surface area contributed by atoms with Gasteiger partial charge in [0.05, 0.1) is 6.61 Å². The third-order valence-electron chi connectivity index (χ3n) is 6.99. The second-order valence-electron chi connectivity index (χ2n) is 10.5. The molecule has 6 rings (SSSR count). The first-order valence-corrected chi connectivity index (χ1v) is 17.6. The highest BCUT2D eigenvalue weighted by Gasteiger charge is 2.14. The second kappa shape index (κ2) is 15.7. The van der Waals surface area contributed by atoms with E-state index in [0.717, 1.165) is 50.3 Å². The van der Waals surface area contributed by atoms with Gasteiger partial charge in [0, 0.05) is 45.4 Å². The zero-order valence-corrected chi connectivity index (χ0v) is 29.0. The number of nitrogens with zero attached hydrogens (tertiary/aromatic N) is 4. The van der Waals surface area contributed by atoms with Crippen LogP contribution in [0.1, 0.15) is 26.2 Å². The number of carbonyl (C=O) groups is 2. The Labute approximate surface area is 293 Å². The lowest BCUT2D eigenvalue weighted by Gasteiger charge is -2.13. The first kappa shape index (κ1) is 32.9. The summed E-state index contributed by atoms with van der Waals surface area (Å²) in [6.45, 7) is 2.79. The normalized spacial score (nSPS) is 10.8. The molecular weight excluding hydrogens is 710 g/mol. The Bertz CT molecular complexity index is 2000. The number of hydrogen-bond donors (Lipinski definition) is 3. The van der Waals surface area contributed by atoms with Crippen LogP contribution in [0.5, 0.6) is 5.75 Å². The summed E-state index contributed by atoms with van der Waals surface area (Å²) in [5.74, 6) is 0.204. The first-order chi connectivity index (χ1) is 23.4. The summed E-state index contributed by atoms with van der Waals surface area (Å²) in [5.41, 5.74) is 5.84. The molecule has 13 heteroatoms. The number of hydrogen-bond acceptors (Lipinski definition) is 10. The Morgan fingerprint density at radius 2 is 1.23 bits per heavy atom. The maximum Gasteiger partial charge on any atom is 0.226 e. The number of para-hydroxylation sites is 1. The van der Waals surface area contributed by atoms with Crippen LogP contribution in [0.25, 0.3) is 32.3 Å². The molecule has 0 unspecified atom stereocenters. The van der Waals surface area contributed by atoms with Gasteiger partial charge in [-0.15, -0.1) is 20.4 Å². The van der Waals surface area contributed by atoms with E-state index in [-0.39, 0.29) is 24.7 Å². The van der Waals surface area contributed by atoms with Crippen molar-refractivity contribution in [3.8, 4) is 38.0 Å². The van der Waals surface area contributed by atoms with Gasteiger partial charge in [-0.05, 0) is 66.6 Å². The molecule has 0 radical (unpaired) electrons. The topological polar surface area (TPSA) is 131 Å². The average Bonchev–Trinajstić information content (AvgIpc) is 3.78. The molecule has 2 aromatic heterocycles. The molecule has 0 aliphatic carbocycles. The van der Waals surface area contributed by atoms with Crippen LogP contribution in [0.3, 0.4) is 0 Å². The summed E-state index contributed by atoms with van der Waals surface area (Å²) >= 11 is 5.94. The predicted octanol–water partition coefficient (Wildman–Crippen LogP) is 9.04. The van der Waals surface area contributed by atoms with Gasteiger partial charge in [0.1, 0.15) is 15.8 Å². The van der Waals surface area contributed by atoms with Crippen molar-refractivity contribution in [2.45, 2.75) is 26.2 Å². The monoisotopic (exact) mass is 739 g/mol. The summed E-state index contributed by atoms with van der Waals surface area (Å²) in [6, 6.07) is 31.8. The standard InChI is InChI=1S/C35H30BrN7O3S2/c1-2-21-46-27-17-11-22(12-18-27)28-5-3-4-6-29(28)37-26-15-9-24(10-16-26)33-41-43-35(48-33)39-31(45)20-19-30(44)38-34-42-40-32(47-34)23-7-13-25(36)14-8-23/h3-18,37H,2,19-21H2,1H3,(H,38,42,44)(H,39,43,45). The van der Waals surface area contributed by atoms with Gasteiger partial charge in [0.2, 0.25) is 22.1 Å². The van der Waals surface area contributed by atoms with Crippen LogP contribution >= 0.6 is 38.6 Å². The van der Waals surface area contributed by atoms with Gasteiger partial charge in [-0.1, -0.05) is 88.0 Å².